The Balaban J connectivity index is 3.76. The van der Waals surface area contributed by atoms with Crippen LogP contribution in [0.15, 0.2) is 4.99 Å². The number of guanidine groups is 1. The van der Waals surface area contributed by atoms with Crippen LogP contribution in [0.4, 0.5) is 0 Å². The maximum Gasteiger partial charge on any atom is 0.185 e. The molecule has 0 rings (SSSR count). The Labute approximate surface area is 97.7 Å². The van der Waals surface area contributed by atoms with E-state index in [1.807, 2.05) is 0 Å². The van der Waals surface area contributed by atoms with Crippen molar-refractivity contribution in [2.24, 2.45) is 21.9 Å². The number of aliphatic imine (C=N–C) groups is 1. The molecule has 0 unspecified atom stereocenters. The minimum atomic E-state index is -0.103. The first-order valence-electron chi connectivity index (χ1n) is 5.59. The predicted octanol–water partition coefficient (Wildman–Crippen LogP) is 0.243. The first-order chi connectivity index (χ1) is 7.35. The number of nitrogens with two attached hydrogens (primary N) is 2. The molecule has 0 aliphatic heterocycles. The number of aldehydes is 1. The summed E-state index contributed by atoms with van der Waals surface area (Å²) < 4.78 is 0. The van der Waals surface area contributed by atoms with Gasteiger partial charge in [0.15, 0.2) is 5.96 Å². The molecule has 0 aliphatic rings. The van der Waals surface area contributed by atoms with E-state index in [0.29, 0.717) is 6.54 Å². The van der Waals surface area contributed by atoms with Gasteiger partial charge in [0, 0.05) is 13.1 Å². The van der Waals surface area contributed by atoms with Crippen LogP contribution in [0.2, 0.25) is 0 Å². The molecule has 5 N–H and O–H groups in total. The molecule has 0 saturated carbocycles. The predicted molar refractivity (Wildman–Crippen MR) is 67.2 cm³/mol. The first kappa shape index (κ1) is 14.9. The van der Waals surface area contributed by atoms with Crippen molar-refractivity contribution in [3.05, 3.63) is 0 Å². The summed E-state index contributed by atoms with van der Waals surface area (Å²) in [6, 6.07) is -0.103. The Morgan fingerprint density at radius 2 is 2.06 bits per heavy atom. The second-order valence-corrected chi connectivity index (χ2v) is 5.13. The Morgan fingerprint density at radius 3 is 2.50 bits per heavy atom. The molecule has 0 aromatic carbocycles. The van der Waals surface area contributed by atoms with Crippen LogP contribution < -0.4 is 16.8 Å². The average Bonchev–Trinajstić information content (AvgIpc) is 2.15. The van der Waals surface area contributed by atoms with Gasteiger partial charge in [-0.1, -0.05) is 20.8 Å². The van der Waals surface area contributed by atoms with E-state index in [-0.39, 0.29) is 17.4 Å². The third-order valence-electron chi connectivity index (χ3n) is 2.03. The number of nitrogens with one attached hydrogen (secondary N) is 1. The Morgan fingerprint density at radius 1 is 1.44 bits per heavy atom. The molecular formula is C11H24N4O. The molecule has 0 fully saturated rings. The van der Waals surface area contributed by atoms with E-state index in [2.05, 4.69) is 31.1 Å². The summed E-state index contributed by atoms with van der Waals surface area (Å²) in [6.45, 7) is 7.77. The van der Waals surface area contributed by atoms with Gasteiger partial charge in [-0.25, -0.2) is 0 Å². The summed E-state index contributed by atoms with van der Waals surface area (Å²) in [5.41, 5.74) is 10.6. The molecule has 0 amide bonds. The van der Waals surface area contributed by atoms with Crippen molar-refractivity contribution in [3.63, 3.8) is 0 Å². The molecule has 5 nitrogen and oxygen atoms in total. The molecule has 0 aromatic heterocycles. The highest BCUT2D eigenvalue weighted by Crippen LogP contribution is 2.11. The lowest BCUT2D eigenvalue weighted by atomic mass is 9.96. The number of hydrogen-bond donors (Lipinski definition) is 3. The van der Waals surface area contributed by atoms with Crippen LogP contribution in [0, 0.1) is 5.41 Å². The van der Waals surface area contributed by atoms with Crippen LogP contribution in [0.5, 0.6) is 0 Å². The maximum absolute atomic E-state index is 10.8. The van der Waals surface area contributed by atoms with Crippen LogP contribution in [-0.2, 0) is 4.79 Å². The van der Waals surface area contributed by atoms with Gasteiger partial charge < -0.3 is 21.6 Å². The lowest BCUT2D eigenvalue weighted by Crippen LogP contribution is -2.37. The van der Waals surface area contributed by atoms with Crippen molar-refractivity contribution in [1.82, 2.24) is 5.32 Å². The summed E-state index contributed by atoms with van der Waals surface area (Å²) >= 11 is 0. The molecule has 0 saturated heterocycles. The second kappa shape index (κ2) is 7.22. The maximum atomic E-state index is 10.8. The highest BCUT2D eigenvalue weighted by Gasteiger charge is 2.13. The summed E-state index contributed by atoms with van der Waals surface area (Å²) in [7, 11) is 0. The molecule has 1 atom stereocenters. The molecule has 5 heteroatoms. The largest absolute Gasteiger partial charge is 0.370 e. The van der Waals surface area contributed by atoms with Crippen molar-refractivity contribution in [2.75, 3.05) is 13.1 Å². The lowest BCUT2D eigenvalue weighted by Gasteiger charge is -2.21. The van der Waals surface area contributed by atoms with Crippen molar-refractivity contribution in [1.29, 1.82) is 0 Å². The summed E-state index contributed by atoms with van der Waals surface area (Å²) in [5, 5.41) is 3.22. The number of nitrogens with zero attached hydrogens (tertiary/aromatic N) is 1. The fourth-order valence-electron chi connectivity index (χ4n) is 1.17. The third-order valence-corrected chi connectivity index (χ3v) is 2.03. The van der Waals surface area contributed by atoms with E-state index in [1.165, 1.54) is 0 Å². The third kappa shape index (κ3) is 9.45. The van der Waals surface area contributed by atoms with Gasteiger partial charge in [0.25, 0.3) is 0 Å². The van der Waals surface area contributed by atoms with E-state index in [4.69, 9.17) is 11.5 Å². The minimum absolute atomic E-state index is 0.102. The molecular weight excluding hydrogens is 204 g/mol. The quantitative estimate of drug-likeness (QED) is 0.252. The van der Waals surface area contributed by atoms with E-state index in [9.17, 15) is 4.79 Å². The Kier molecular flexibility index (Phi) is 6.72. The van der Waals surface area contributed by atoms with E-state index >= 15 is 0 Å². The van der Waals surface area contributed by atoms with E-state index < -0.39 is 0 Å². The lowest BCUT2D eigenvalue weighted by molar-refractivity contribution is -0.109. The topological polar surface area (TPSA) is 93.5 Å². The fourth-order valence-corrected chi connectivity index (χ4v) is 1.17. The molecule has 0 aromatic rings. The van der Waals surface area contributed by atoms with Gasteiger partial charge in [0.1, 0.15) is 6.29 Å². The smallest absolute Gasteiger partial charge is 0.185 e. The number of rotatable bonds is 7. The van der Waals surface area contributed by atoms with Crippen LogP contribution in [0.25, 0.3) is 0 Å². The van der Waals surface area contributed by atoms with Gasteiger partial charge in [0.05, 0.1) is 6.04 Å². The zero-order valence-electron chi connectivity index (χ0n) is 10.5. The van der Waals surface area contributed by atoms with Crippen molar-refractivity contribution in [2.45, 2.75) is 39.7 Å². The average molecular weight is 228 g/mol. The minimum Gasteiger partial charge on any atom is -0.370 e. The van der Waals surface area contributed by atoms with Gasteiger partial charge in [-0.15, -0.1) is 0 Å². The molecule has 0 spiro atoms. The van der Waals surface area contributed by atoms with Crippen LogP contribution in [-0.4, -0.2) is 31.4 Å². The standard InChI is InChI=1S/C11H24N4O/c1-11(2,3)8-15-9(7-16)5-4-6-14-10(12)13/h7,9,15H,4-6,8H2,1-3H3,(H4,12,13,14)/t9-/m0/s1. The van der Waals surface area contributed by atoms with Crippen LogP contribution in [0.3, 0.4) is 0 Å². The molecule has 16 heavy (non-hydrogen) atoms. The molecule has 0 radical (unpaired) electrons. The molecule has 0 heterocycles. The van der Waals surface area contributed by atoms with Gasteiger partial charge in [-0.05, 0) is 18.3 Å². The van der Waals surface area contributed by atoms with E-state index in [0.717, 1.165) is 25.7 Å². The zero-order chi connectivity index (χ0) is 12.6. The summed E-state index contributed by atoms with van der Waals surface area (Å²) in [5.74, 6) is 0.102. The molecule has 94 valence electrons. The Hall–Kier alpha value is -1.10. The zero-order valence-corrected chi connectivity index (χ0v) is 10.5. The van der Waals surface area contributed by atoms with Crippen LogP contribution in [0.1, 0.15) is 33.6 Å². The summed E-state index contributed by atoms with van der Waals surface area (Å²) in [6.07, 6.45) is 2.51. The number of carbonyl (C=O) groups excluding carboxylic acids is 1. The van der Waals surface area contributed by atoms with Crippen molar-refractivity contribution >= 4 is 12.2 Å². The van der Waals surface area contributed by atoms with Gasteiger partial charge >= 0.3 is 0 Å². The molecule has 0 aliphatic carbocycles. The highest BCUT2D eigenvalue weighted by atomic mass is 16.1. The second-order valence-electron chi connectivity index (χ2n) is 5.13. The Bertz CT molecular complexity index is 229. The van der Waals surface area contributed by atoms with Gasteiger partial charge in [-0.2, -0.15) is 0 Å². The number of hydrogen-bond acceptors (Lipinski definition) is 3. The summed E-state index contributed by atoms with van der Waals surface area (Å²) in [4.78, 5) is 14.7. The first-order valence-corrected chi connectivity index (χ1v) is 5.59. The van der Waals surface area contributed by atoms with Crippen molar-refractivity contribution in [3.8, 4) is 0 Å². The SMILES string of the molecule is CC(C)(C)CN[C@H](C=O)CCCN=C(N)N. The van der Waals surface area contributed by atoms with Gasteiger partial charge in [-0.3, -0.25) is 4.99 Å². The highest BCUT2D eigenvalue weighted by molar-refractivity contribution is 5.75. The van der Waals surface area contributed by atoms with Crippen molar-refractivity contribution < 1.29 is 4.79 Å². The fraction of sp³-hybridized carbons (Fsp3) is 0.818. The van der Waals surface area contributed by atoms with E-state index in [1.54, 1.807) is 0 Å². The normalized spacial score (nSPS) is 13.2. The monoisotopic (exact) mass is 228 g/mol. The van der Waals surface area contributed by atoms with Gasteiger partial charge in [0.2, 0.25) is 0 Å². The molecule has 0 bridgehead atoms. The van der Waals surface area contributed by atoms with Crippen LogP contribution >= 0.6 is 0 Å². The number of carbonyl (C=O) groups is 1.